The molecule has 7 nitrogen and oxygen atoms in total. The van der Waals surface area contributed by atoms with Crippen LogP contribution in [0.2, 0.25) is 0 Å². The molecule has 30 heavy (non-hydrogen) atoms. The van der Waals surface area contributed by atoms with Crippen molar-refractivity contribution in [2.45, 2.75) is 55.7 Å². The molecule has 0 saturated carbocycles. The Kier molecular flexibility index (Phi) is 4.83. The summed E-state index contributed by atoms with van der Waals surface area (Å²) in [5, 5.41) is 0. The Balaban J connectivity index is 1.34. The third kappa shape index (κ3) is 3.50. The molecule has 2 bridgehead atoms. The molecule has 2 aliphatic heterocycles. The Labute approximate surface area is 175 Å². The topological polar surface area (TPSA) is 85.5 Å². The third-order valence-electron chi connectivity index (χ3n) is 5.90. The number of pyridine rings is 1. The lowest BCUT2D eigenvalue weighted by molar-refractivity contribution is 0.0953. The van der Waals surface area contributed by atoms with E-state index in [-0.39, 0.29) is 18.2 Å². The van der Waals surface area contributed by atoms with Crippen molar-refractivity contribution in [3.63, 3.8) is 0 Å². The van der Waals surface area contributed by atoms with Gasteiger partial charge in [0.1, 0.15) is 23.8 Å². The van der Waals surface area contributed by atoms with Crippen molar-refractivity contribution < 1.29 is 17.6 Å². The number of fused-ring (bicyclic) bond motifs is 2. The highest BCUT2D eigenvalue weighted by Crippen LogP contribution is 2.41. The lowest BCUT2D eigenvalue weighted by Gasteiger charge is -2.37. The van der Waals surface area contributed by atoms with Crippen LogP contribution in [0.15, 0.2) is 64.4 Å². The van der Waals surface area contributed by atoms with E-state index in [1.165, 1.54) is 0 Å². The second-order valence-electron chi connectivity index (χ2n) is 7.90. The number of ether oxygens (including phenoxy) is 1. The first kappa shape index (κ1) is 19.3. The van der Waals surface area contributed by atoms with Gasteiger partial charge >= 0.3 is 0 Å². The molecule has 4 heterocycles. The van der Waals surface area contributed by atoms with Crippen LogP contribution in [-0.4, -0.2) is 40.9 Å². The number of sulfonamides is 1. The van der Waals surface area contributed by atoms with Gasteiger partial charge in [0, 0.05) is 43.6 Å². The monoisotopic (exact) mass is 425 g/mol. The number of piperidine rings is 1. The maximum Gasteiger partial charge on any atom is 0.243 e. The Morgan fingerprint density at radius 1 is 1.10 bits per heavy atom. The quantitative estimate of drug-likeness (QED) is 0.618. The van der Waals surface area contributed by atoms with Crippen LogP contribution in [-0.2, 0) is 10.0 Å². The summed E-state index contributed by atoms with van der Waals surface area (Å²) in [5.74, 6) is 1.31. The molecule has 2 aromatic heterocycles. The highest BCUT2D eigenvalue weighted by molar-refractivity contribution is 7.89. The number of oxazole rings is 1. The molecule has 1 aromatic carbocycles. The summed E-state index contributed by atoms with van der Waals surface area (Å²) < 4.78 is 39.8. The first-order chi connectivity index (χ1) is 14.5. The van der Waals surface area contributed by atoms with E-state index in [0.29, 0.717) is 29.3 Å². The van der Waals surface area contributed by atoms with Crippen molar-refractivity contribution in [1.82, 2.24) is 14.3 Å². The molecule has 0 unspecified atom stereocenters. The fourth-order valence-corrected chi connectivity index (χ4v) is 6.49. The van der Waals surface area contributed by atoms with Crippen LogP contribution < -0.4 is 4.74 Å². The maximum absolute atomic E-state index is 13.4. The van der Waals surface area contributed by atoms with Crippen molar-refractivity contribution in [1.29, 1.82) is 0 Å². The number of aryl methyl sites for hydroxylation is 1. The summed E-state index contributed by atoms with van der Waals surface area (Å²) in [4.78, 5) is 8.70. The first-order valence-electron chi connectivity index (χ1n) is 10.1. The molecule has 156 valence electrons. The van der Waals surface area contributed by atoms with E-state index in [4.69, 9.17) is 9.15 Å². The summed E-state index contributed by atoms with van der Waals surface area (Å²) in [6, 6.07) is 10.5. The number of rotatable bonds is 5. The van der Waals surface area contributed by atoms with Crippen LogP contribution >= 0.6 is 0 Å². The molecule has 0 N–H and O–H groups in total. The predicted octanol–water partition coefficient (Wildman–Crippen LogP) is 3.81. The fraction of sp³-hybridized carbons (Fsp3) is 0.364. The Morgan fingerprint density at radius 3 is 2.43 bits per heavy atom. The molecule has 0 spiro atoms. The van der Waals surface area contributed by atoms with E-state index >= 15 is 0 Å². The Bertz CT molecular complexity index is 1110. The zero-order chi connectivity index (χ0) is 20.7. The number of aromatic nitrogens is 2. The second kappa shape index (κ2) is 7.52. The van der Waals surface area contributed by atoms with Crippen molar-refractivity contribution in [2.24, 2.45) is 0 Å². The van der Waals surface area contributed by atoms with Crippen molar-refractivity contribution in [3.05, 3.63) is 60.9 Å². The van der Waals surface area contributed by atoms with Gasteiger partial charge in [0.05, 0.1) is 11.1 Å². The van der Waals surface area contributed by atoms with Crippen molar-refractivity contribution >= 4 is 10.0 Å². The molecule has 8 heteroatoms. The molecule has 3 aromatic rings. The molecule has 2 aliphatic rings. The van der Waals surface area contributed by atoms with E-state index in [2.05, 4.69) is 9.97 Å². The first-order valence-corrected chi connectivity index (χ1v) is 11.6. The van der Waals surface area contributed by atoms with E-state index < -0.39 is 10.0 Å². The van der Waals surface area contributed by atoms with E-state index in [1.807, 2.05) is 12.1 Å². The molecule has 2 saturated heterocycles. The van der Waals surface area contributed by atoms with Gasteiger partial charge in [-0.05, 0) is 37.1 Å². The van der Waals surface area contributed by atoms with Gasteiger partial charge in [-0.15, -0.1) is 0 Å². The van der Waals surface area contributed by atoms with Gasteiger partial charge in [-0.1, -0.05) is 12.1 Å². The van der Waals surface area contributed by atoms with Crippen LogP contribution in [0.4, 0.5) is 0 Å². The van der Waals surface area contributed by atoms with Gasteiger partial charge < -0.3 is 9.15 Å². The summed E-state index contributed by atoms with van der Waals surface area (Å²) in [6.45, 7) is 1.78. The average Bonchev–Trinajstić information content (AvgIpc) is 3.30. The molecule has 2 fully saturated rings. The summed E-state index contributed by atoms with van der Waals surface area (Å²) >= 11 is 0. The van der Waals surface area contributed by atoms with Gasteiger partial charge in [-0.2, -0.15) is 4.31 Å². The number of nitrogens with zero attached hydrogens (tertiary/aromatic N) is 3. The van der Waals surface area contributed by atoms with E-state index in [1.54, 1.807) is 54.2 Å². The minimum atomic E-state index is -3.57. The van der Waals surface area contributed by atoms with E-state index in [0.717, 1.165) is 24.2 Å². The number of hydrogen-bond donors (Lipinski definition) is 0. The maximum atomic E-state index is 13.4. The number of hydrogen-bond acceptors (Lipinski definition) is 6. The minimum absolute atomic E-state index is 0.0101. The van der Waals surface area contributed by atoms with Crippen LogP contribution in [0.3, 0.4) is 0 Å². The fourth-order valence-electron chi connectivity index (χ4n) is 4.60. The highest BCUT2D eigenvalue weighted by Gasteiger charge is 2.47. The largest absolute Gasteiger partial charge is 0.489 e. The van der Waals surface area contributed by atoms with Crippen LogP contribution in [0.5, 0.6) is 5.75 Å². The summed E-state index contributed by atoms with van der Waals surface area (Å²) in [6.07, 6.45) is 8.12. The van der Waals surface area contributed by atoms with E-state index in [9.17, 15) is 8.42 Å². The summed E-state index contributed by atoms with van der Waals surface area (Å²) in [5.41, 5.74) is 1.53. The van der Waals surface area contributed by atoms with Crippen molar-refractivity contribution in [2.75, 3.05) is 0 Å². The zero-order valence-corrected chi connectivity index (χ0v) is 17.5. The lowest BCUT2D eigenvalue weighted by atomic mass is 10.0. The van der Waals surface area contributed by atoms with Gasteiger partial charge in [-0.25, -0.2) is 13.4 Å². The average molecular weight is 426 g/mol. The number of benzene rings is 1. The van der Waals surface area contributed by atoms with Crippen LogP contribution in [0.1, 0.15) is 31.6 Å². The standard InChI is InChI=1S/C22H23N3O4S/c1-15-24-22(14-28-15)16-4-8-21(9-5-16)30(26,27)25-17-6-7-18(25)12-20(11-17)29-19-3-2-10-23-13-19/h2-5,8-10,13-14,17-18,20H,6-7,11-12H2,1H3/t17-,18-/m0/s1. The molecule has 0 amide bonds. The molecular formula is C22H23N3O4S. The minimum Gasteiger partial charge on any atom is -0.489 e. The third-order valence-corrected chi connectivity index (χ3v) is 7.92. The van der Waals surface area contributed by atoms with Crippen molar-refractivity contribution in [3.8, 4) is 17.0 Å². The normalized spacial score (nSPS) is 24.1. The molecule has 2 atom stereocenters. The molecule has 0 radical (unpaired) electrons. The van der Waals surface area contributed by atoms with Gasteiger partial charge in [0.25, 0.3) is 0 Å². The highest BCUT2D eigenvalue weighted by atomic mass is 32.2. The van der Waals surface area contributed by atoms with Crippen LogP contribution in [0.25, 0.3) is 11.3 Å². The predicted molar refractivity (Wildman–Crippen MR) is 110 cm³/mol. The zero-order valence-electron chi connectivity index (χ0n) is 16.6. The van der Waals surface area contributed by atoms with Gasteiger partial charge in [0.15, 0.2) is 5.89 Å². The SMILES string of the molecule is Cc1nc(-c2ccc(S(=O)(=O)N3[C@H]4CC[C@H]3CC(Oc3cccnc3)C4)cc2)co1. The molecule has 5 rings (SSSR count). The van der Waals surface area contributed by atoms with Gasteiger partial charge in [-0.3, -0.25) is 4.98 Å². The lowest BCUT2D eigenvalue weighted by Crippen LogP contribution is -2.49. The molecular weight excluding hydrogens is 402 g/mol. The molecule has 0 aliphatic carbocycles. The Morgan fingerprint density at radius 2 is 1.83 bits per heavy atom. The Hall–Kier alpha value is -2.71. The summed E-state index contributed by atoms with van der Waals surface area (Å²) in [7, 11) is -3.57. The smallest absolute Gasteiger partial charge is 0.243 e. The van der Waals surface area contributed by atoms with Crippen LogP contribution in [0, 0.1) is 6.92 Å². The second-order valence-corrected chi connectivity index (χ2v) is 9.74. The van der Waals surface area contributed by atoms with Gasteiger partial charge in [0.2, 0.25) is 10.0 Å².